The van der Waals surface area contributed by atoms with Crippen LogP contribution >= 0.6 is 0 Å². The summed E-state index contributed by atoms with van der Waals surface area (Å²) in [5, 5.41) is 7.39. The molecule has 0 aliphatic carbocycles. The Balaban J connectivity index is 2.00. The summed E-state index contributed by atoms with van der Waals surface area (Å²) >= 11 is 0. The van der Waals surface area contributed by atoms with Crippen LogP contribution in [0, 0.1) is 11.6 Å². The first kappa shape index (κ1) is 11.6. The molecule has 19 heavy (non-hydrogen) atoms. The van der Waals surface area contributed by atoms with Gasteiger partial charge in [-0.2, -0.15) is 5.10 Å². The SMILES string of the molecule is Fc1cccc(/C=C/c2[nH]nc3c(F)cccc23)c1. The molecule has 1 heterocycles. The molecule has 3 rings (SSSR count). The van der Waals surface area contributed by atoms with Gasteiger partial charge in [0, 0.05) is 5.39 Å². The van der Waals surface area contributed by atoms with E-state index in [0.29, 0.717) is 16.6 Å². The molecular formula is C15H10F2N2. The number of fused-ring (bicyclic) bond motifs is 1. The van der Waals surface area contributed by atoms with Crippen LogP contribution in [0.25, 0.3) is 23.1 Å². The summed E-state index contributed by atoms with van der Waals surface area (Å²) < 4.78 is 26.5. The Kier molecular flexibility index (Phi) is 2.83. The minimum atomic E-state index is -0.362. The van der Waals surface area contributed by atoms with Crippen LogP contribution in [0.2, 0.25) is 0 Å². The Labute approximate surface area is 108 Å². The van der Waals surface area contributed by atoms with E-state index < -0.39 is 0 Å². The minimum Gasteiger partial charge on any atom is -0.277 e. The van der Waals surface area contributed by atoms with Crippen molar-refractivity contribution in [3.05, 3.63) is 65.4 Å². The van der Waals surface area contributed by atoms with Crippen molar-refractivity contribution in [1.29, 1.82) is 0 Å². The second-order valence-corrected chi connectivity index (χ2v) is 4.16. The molecule has 2 nitrogen and oxygen atoms in total. The average Bonchev–Trinajstić information content (AvgIpc) is 2.81. The van der Waals surface area contributed by atoms with Gasteiger partial charge < -0.3 is 0 Å². The predicted molar refractivity (Wildman–Crippen MR) is 71.4 cm³/mol. The molecule has 0 bridgehead atoms. The number of nitrogens with one attached hydrogen (secondary N) is 1. The van der Waals surface area contributed by atoms with E-state index in [-0.39, 0.29) is 11.6 Å². The smallest absolute Gasteiger partial charge is 0.151 e. The van der Waals surface area contributed by atoms with Gasteiger partial charge in [-0.1, -0.05) is 30.3 Å². The highest BCUT2D eigenvalue weighted by Gasteiger charge is 2.06. The Morgan fingerprint density at radius 1 is 1.00 bits per heavy atom. The van der Waals surface area contributed by atoms with Crippen LogP contribution in [-0.2, 0) is 0 Å². The van der Waals surface area contributed by atoms with Crippen LogP contribution in [0.1, 0.15) is 11.3 Å². The van der Waals surface area contributed by atoms with E-state index in [1.54, 1.807) is 36.4 Å². The summed E-state index contributed by atoms with van der Waals surface area (Å²) in [4.78, 5) is 0. The third-order valence-corrected chi connectivity index (χ3v) is 2.86. The van der Waals surface area contributed by atoms with Gasteiger partial charge in [0.15, 0.2) is 5.82 Å². The van der Waals surface area contributed by atoms with Gasteiger partial charge in [-0.15, -0.1) is 0 Å². The lowest BCUT2D eigenvalue weighted by atomic mass is 10.1. The summed E-state index contributed by atoms with van der Waals surface area (Å²) in [5.74, 6) is -0.651. The Bertz CT molecular complexity index is 760. The van der Waals surface area contributed by atoms with Crippen LogP contribution in [-0.4, -0.2) is 10.2 Å². The van der Waals surface area contributed by atoms with E-state index in [4.69, 9.17) is 0 Å². The van der Waals surface area contributed by atoms with Gasteiger partial charge in [-0.05, 0) is 29.8 Å². The standard InChI is InChI=1S/C15H10F2N2/c16-11-4-1-3-10(9-11)7-8-14-12-5-2-6-13(17)15(12)19-18-14/h1-9H,(H,18,19)/b8-7+. The van der Waals surface area contributed by atoms with Crippen molar-refractivity contribution < 1.29 is 8.78 Å². The van der Waals surface area contributed by atoms with E-state index in [1.165, 1.54) is 18.2 Å². The molecule has 0 amide bonds. The van der Waals surface area contributed by atoms with E-state index in [9.17, 15) is 8.78 Å². The zero-order chi connectivity index (χ0) is 13.2. The third-order valence-electron chi connectivity index (χ3n) is 2.86. The fourth-order valence-electron chi connectivity index (χ4n) is 1.94. The Hall–Kier alpha value is -2.49. The highest BCUT2D eigenvalue weighted by Crippen LogP contribution is 2.20. The van der Waals surface area contributed by atoms with Crippen molar-refractivity contribution in [3.63, 3.8) is 0 Å². The lowest BCUT2D eigenvalue weighted by Gasteiger charge is -1.94. The number of benzene rings is 2. The van der Waals surface area contributed by atoms with Crippen LogP contribution in [0.15, 0.2) is 42.5 Å². The lowest BCUT2D eigenvalue weighted by Crippen LogP contribution is -1.77. The largest absolute Gasteiger partial charge is 0.277 e. The molecule has 0 unspecified atom stereocenters. The topological polar surface area (TPSA) is 28.7 Å². The van der Waals surface area contributed by atoms with E-state index in [0.717, 1.165) is 5.56 Å². The number of hydrogen-bond acceptors (Lipinski definition) is 1. The summed E-state index contributed by atoms with van der Waals surface area (Å²) in [5.41, 5.74) is 1.74. The summed E-state index contributed by atoms with van der Waals surface area (Å²) in [6.07, 6.45) is 3.50. The van der Waals surface area contributed by atoms with Crippen LogP contribution in [0.4, 0.5) is 8.78 Å². The summed E-state index contributed by atoms with van der Waals surface area (Å²) in [7, 11) is 0. The molecule has 3 aromatic rings. The molecule has 0 aliphatic heterocycles. The lowest BCUT2D eigenvalue weighted by molar-refractivity contribution is 0.627. The van der Waals surface area contributed by atoms with Gasteiger partial charge in [0.05, 0.1) is 5.69 Å². The van der Waals surface area contributed by atoms with Crippen molar-refractivity contribution >= 4 is 23.1 Å². The van der Waals surface area contributed by atoms with Gasteiger partial charge in [-0.3, -0.25) is 5.10 Å². The van der Waals surface area contributed by atoms with Crippen molar-refractivity contribution in [2.75, 3.05) is 0 Å². The normalized spacial score (nSPS) is 11.5. The first-order chi connectivity index (χ1) is 9.24. The number of para-hydroxylation sites is 1. The molecule has 94 valence electrons. The molecular weight excluding hydrogens is 246 g/mol. The fourth-order valence-corrected chi connectivity index (χ4v) is 1.94. The molecule has 0 fully saturated rings. The summed E-state index contributed by atoms with van der Waals surface area (Å²) in [6, 6.07) is 11.0. The number of hydrogen-bond donors (Lipinski definition) is 1. The second kappa shape index (κ2) is 4.65. The Morgan fingerprint density at radius 3 is 2.68 bits per heavy atom. The molecule has 4 heteroatoms. The zero-order valence-electron chi connectivity index (χ0n) is 9.90. The summed E-state index contributed by atoms with van der Waals surface area (Å²) in [6.45, 7) is 0. The zero-order valence-corrected chi connectivity index (χ0v) is 9.90. The van der Waals surface area contributed by atoms with Crippen molar-refractivity contribution in [2.24, 2.45) is 0 Å². The predicted octanol–water partition coefficient (Wildman–Crippen LogP) is 4.01. The molecule has 2 aromatic carbocycles. The highest BCUT2D eigenvalue weighted by atomic mass is 19.1. The molecule has 0 spiro atoms. The van der Waals surface area contributed by atoms with E-state index in [1.807, 2.05) is 0 Å². The third kappa shape index (κ3) is 2.25. The number of halogens is 2. The first-order valence-corrected chi connectivity index (χ1v) is 5.80. The number of H-pyrrole nitrogens is 1. The fraction of sp³-hybridized carbons (Fsp3) is 0. The maximum absolute atomic E-state index is 13.5. The number of aromatic amines is 1. The van der Waals surface area contributed by atoms with Crippen LogP contribution in [0.3, 0.4) is 0 Å². The highest BCUT2D eigenvalue weighted by molar-refractivity contribution is 5.89. The van der Waals surface area contributed by atoms with Gasteiger partial charge in [0.1, 0.15) is 11.3 Å². The van der Waals surface area contributed by atoms with Crippen molar-refractivity contribution in [1.82, 2.24) is 10.2 Å². The van der Waals surface area contributed by atoms with Crippen LogP contribution < -0.4 is 0 Å². The van der Waals surface area contributed by atoms with Crippen molar-refractivity contribution in [2.45, 2.75) is 0 Å². The van der Waals surface area contributed by atoms with Crippen molar-refractivity contribution in [3.8, 4) is 0 Å². The van der Waals surface area contributed by atoms with E-state index >= 15 is 0 Å². The number of rotatable bonds is 2. The molecule has 1 N–H and O–H groups in total. The number of aromatic nitrogens is 2. The minimum absolute atomic E-state index is 0.289. The average molecular weight is 256 g/mol. The van der Waals surface area contributed by atoms with Gasteiger partial charge >= 0.3 is 0 Å². The number of nitrogens with zero attached hydrogens (tertiary/aromatic N) is 1. The molecule has 0 atom stereocenters. The Morgan fingerprint density at radius 2 is 1.84 bits per heavy atom. The van der Waals surface area contributed by atoms with Gasteiger partial charge in [0.2, 0.25) is 0 Å². The van der Waals surface area contributed by atoms with Gasteiger partial charge in [-0.25, -0.2) is 8.78 Å². The first-order valence-electron chi connectivity index (χ1n) is 5.80. The monoisotopic (exact) mass is 256 g/mol. The molecule has 0 saturated heterocycles. The maximum Gasteiger partial charge on any atom is 0.151 e. The van der Waals surface area contributed by atoms with Gasteiger partial charge in [0.25, 0.3) is 0 Å². The van der Waals surface area contributed by atoms with E-state index in [2.05, 4.69) is 10.2 Å². The van der Waals surface area contributed by atoms with Crippen LogP contribution in [0.5, 0.6) is 0 Å². The molecule has 0 saturated carbocycles. The maximum atomic E-state index is 13.5. The molecule has 0 aliphatic rings. The molecule has 0 radical (unpaired) electrons. The quantitative estimate of drug-likeness (QED) is 0.737. The molecule has 1 aromatic heterocycles. The second-order valence-electron chi connectivity index (χ2n) is 4.16.